The van der Waals surface area contributed by atoms with E-state index in [1.165, 1.54) is 0 Å². The van der Waals surface area contributed by atoms with Crippen molar-refractivity contribution in [2.24, 2.45) is 0 Å². The van der Waals surface area contributed by atoms with Gasteiger partial charge in [0.15, 0.2) is 0 Å². The van der Waals surface area contributed by atoms with Crippen LogP contribution in [-0.4, -0.2) is 42.2 Å². The first kappa shape index (κ1) is 13.4. The molecule has 1 aromatic carbocycles. The second-order valence-corrected chi connectivity index (χ2v) is 6.04. The minimum absolute atomic E-state index is 0.251. The van der Waals surface area contributed by atoms with Gasteiger partial charge in [-0.05, 0) is 50.4 Å². The molecule has 20 heavy (non-hydrogen) atoms. The highest BCUT2D eigenvalue weighted by molar-refractivity contribution is 5.85. The van der Waals surface area contributed by atoms with Crippen molar-refractivity contribution in [2.75, 3.05) is 20.1 Å². The van der Waals surface area contributed by atoms with E-state index in [1.54, 1.807) is 0 Å². The van der Waals surface area contributed by atoms with Gasteiger partial charge in [0.1, 0.15) is 11.9 Å². The number of piperidine rings is 1. The van der Waals surface area contributed by atoms with E-state index in [4.69, 9.17) is 4.74 Å². The average molecular weight is 275 g/mol. The molecule has 0 amide bonds. The van der Waals surface area contributed by atoms with E-state index in [0.29, 0.717) is 0 Å². The molecule has 2 fully saturated rings. The Bertz CT molecular complexity index is 502. The van der Waals surface area contributed by atoms with Crippen molar-refractivity contribution in [1.82, 2.24) is 4.90 Å². The minimum atomic E-state index is -0.714. The van der Waals surface area contributed by atoms with E-state index < -0.39 is 11.4 Å². The standard InChI is InChI=1S/C16H21NO3/c1-17-9-5-13(6-10-17)20-14-4-2-3-12(11-14)16(7-8-16)15(18)19/h2-4,11,13H,5-10H2,1H3,(H,18,19). The van der Waals surface area contributed by atoms with Gasteiger partial charge in [-0.15, -0.1) is 0 Å². The number of ether oxygens (including phenoxy) is 1. The molecule has 1 saturated carbocycles. The molecule has 108 valence electrons. The monoisotopic (exact) mass is 275 g/mol. The van der Waals surface area contributed by atoms with Gasteiger partial charge in [0.05, 0.1) is 5.41 Å². The summed E-state index contributed by atoms with van der Waals surface area (Å²) < 4.78 is 6.03. The van der Waals surface area contributed by atoms with Gasteiger partial charge in [0.2, 0.25) is 0 Å². The Morgan fingerprint density at radius 1 is 1.35 bits per heavy atom. The molecule has 0 atom stereocenters. The molecule has 4 nitrogen and oxygen atoms in total. The van der Waals surface area contributed by atoms with Crippen LogP contribution in [0.4, 0.5) is 0 Å². The van der Waals surface area contributed by atoms with Crippen LogP contribution in [0, 0.1) is 0 Å². The molecule has 2 aliphatic rings. The number of nitrogens with zero attached hydrogens (tertiary/aromatic N) is 1. The average Bonchev–Trinajstić information content (AvgIpc) is 3.23. The van der Waals surface area contributed by atoms with Gasteiger partial charge in [0, 0.05) is 13.1 Å². The van der Waals surface area contributed by atoms with Gasteiger partial charge in [-0.2, -0.15) is 0 Å². The maximum atomic E-state index is 11.4. The Hall–Kier alpha value is -1.55. The lowest BCUT2D eigenvalue weighted by molar-refractivity contribution is -0.140. The largest absolute Gasteiger partial charge is 0.490 e. The van der Waals surface area contributed by atoms with E-state index in [9.17, 15) is 9.90 Å². The third-order valence-electron chi connectivity index (χ3n) is 4.51. The third-order valence-corrected chi connectivity index (χ3v) is 4.51. The van der Waals surface area contributed by atoms with Crippen LogP contribution in [0.1, 0.15) is 31.2 Å². The van der Waals surface area contributed by atoms with Crippen LogP contribution in [0.3, 0.4) is 0 Å². The van der Waals surface area contributed by atoms with E-state index in [-0.39, 0.29) is 6.10 Å². The summed E-state index contributed by atoms with van der Waals surface area (Å²) in [6.45, 7) is 2.12. The quantitative estimate of drug-likeness (QED) is 0.916. The number of carboxylic acids is 1. The number of hydrogen-bond acceptors (Lipinski definition) is 3. The summed E-state index contributed by atoms with van der Waals surface area (Å²) >= 11 is 0. The lowest BCUT2D eigenvalue weighted by atomic mass is 9.96. The first-order valence-corrected chi connectivity index (χ1v) is 7.29. The van der Waals surface area contributed by atoms with Crippen molar-refractivity contribution in [2.45, 2.75) is 37.2 Å². The minimum Gasteiger partial charge on any atom is -0.490 e. The molecule has 3 rings (SSSR count). The predicted molar refractivity (Wildman–Crippen MR) is 76.1 cm³/mol. The summed E-state index contributed by atoms with van der Waals surface area (Å²) in [4.78, 5) is 13.7. The molecule has 1 aliphatic heterocycles. The molecule has 1 aromatic rings. The SMILES string of the molecule is CN1CCC(Oc2cccc(C3(C(=O)O)CC3)c2)CC1. The van der Waals surface area contributed by atoms with Crippen LogP contribution in [0.2, 0.25) is 0 Å². The fraction of sp³-hybridized carbons (Fsp3) is 0.562. The molecule has 0 unspecified atom stereocenters. The molecule has 4 heteroatoms. The van der Waals surface area contributed by atoms with Crippen LogP contribution >= 0.6 is 0 Å². The molecule has 0 spiro atoms. The summed E-state index contributed by atoms with van der Waals surface area (Å²) in [5.41, 5.74) is 0.238. The summed E-state index contributed by atoms with van der Waals surface area (Å²) in [5.74, 6) is 0.0959. The smallest absolute Gasteiger partial charge is 0.314 e. The van der Waals surface area contributed by atoms with Gasteiger partial charge in [-0.1, -0.05) is 12.1 Å². The molecule has 1 N–H and O–H groups in total. The fourth-order valence-corrected chi connectivity index (χ4v) is 2.91. The van der Waals surface area contributed by atoms with Gasteiger partial charge in [0.25, 0.3) is 0 Å². The van der Waals surface area contributed by atoms with Crippen molar-refractivity contribution in [3.63, 3.8) is 0 Å². The number of rotatable bonds is 4. The Balaban J connectivity index is 1.71. The van der Waals surface area contributed by atoms with Crippen LogP contribution in [-0.2, 0) is 10.2 Å². The van der Waals surface area contributed by atoms with E-state index >= 15 is 0 Å². The van der Waals surface area contributed by atoms with Crippen LogP contribution in [0.5, 0.6) is 5.75 Å². The Labute approximate surface area is 119 Å². The Morgan fingerprint density at radius 3 is 2.65 bits per heavy atom. The Morgan fingerprint density at radius 2 is 2.05 bits per heavy atom. The zero-order valence-corrected chi connectivity index (χ0v) is 11.8. The van der Waals surface area contributed by atoms with Crippen LogP contribution in [0.25, 0.3) is 0 Å². The highest BCUT2D eigenvalue weighted by Crippen LogP contribution is 2.49. The second-order valence-electron chi connectivity index (χ2n) is 6.04. The van der Waals surface area contributed by atoms with Crippen molar-refractivity contribution in [3.05, 3.63) is 29.8 Å². The number of carbonyl (C=O) groups is 1. The number of carboxylic acid groups (broad SMARTS) is 1. The summed E-state index contributed by atoms with van der Waals surface area (Å²) in [6.07, 6.45) is 3.79. The number of hydrogen-bond donors (Lipinski definition) is 1. The van der Waals surface area contributed by atoms with Crippen molar-refractivity contribution in [1.29, 1.82) is 0 Å². The van der Waals surface area contributed by atoms with Crippen molar-refractivity contribution in [3.8, 4) is 5.75 Å². The molecule has 1 aliphatic carbocycles. The summed E-state index contributed by atoms with van der Waals surface area (Å²) in [6, 6.07) is 7.66. The Kier molecular flexibility index (Phi) is 3.42. The lowest BCUT2D eigenvalue weighted by Gasteiger charge is -2.29. The number of aliphatic carboxylic acids is 1. The van der Waals surface area contributed by atoms with Crippen LogP contribution in [0.15, 0.2) is 24.3 Å². The first-order chi connectivity index (χ1) is 9.60. The normalized spacial score (nSPS) is 22.4. The van der Waals surface area contributed by atoms with E-state index in [2.05, 4.69) is 11.9 Å². The predicted octanol–water partition coefficient (Wildman–Crippen LogP) is 2.28. The van der Waals surface area contributed by atoms with Gasteiger partial charge in [-0.25, -0.2) is 0 Å². The summed E-state index contributed by atoms with van der Waals surface area (Å²) in [5, 5.41) is 9.35. The molecular formula is C16H21NO3. The van der Waals surface area contributed by atoms with Crippen LogP contribution < -0.4 is 4.74 Å². The van der Waals surface area contributed by atoms with E-state index in [1.807, 2.05) is 24.3 Å². The molecule has 0 aromatic heterocycles. The van der Waals surface area contributed by atoms with Crippen molar-refractivity contribution >= 4 is 5.97 Å². The van der Waals surface area contributed by atoms with Gasteiger partial charge < -0.3 is 14.7 Å². The molecule has 1 saturated heterocycles. The second kappa shape index (κ2) is 5.09. The highest BCUT2D eigenvalue weighted by atomic mass is 16.5. The highest BCUT2D eigenvalue weighted by Gasteiger charge is 2.51. The molecule has 0 radical (unpaired) electrons. The zero-order chi connectivity index (χ0) is 14.2. The van der Waals surface area contributed by atoms with Crippen molar-refractivity contribution < 1.29 is 14.6 Å². The zero-order valence-electron chi connectivity index (χ0n) is 11.8. The molecular weight excluding hydrogens is 254 g/mol. The lowest BCUT2D eigenvalue weighted by Crippen LogP contribution is -2.35. The fourth-order valence-electron chi connectivity index (χ4n) is 2.91. The topological polar surface area (TPSA) is 49.8 Å². The van der Waals surface area contributed by atoms with E-state index in [0.717, 1.165) is 50.1 Å². The number of benzene rings is 1. The first-order valence-electron chi connectivity index (χ1n) is 7.29. The van der Waals surface area contributed by atoms with Gasteiger partial charge >= 0.3 is 5.97 Å². The maximum absolute atomic E-state index is 11.4. The number of likely N-dealkylation sites (tertiary alicyclic amines) is 1. The maximum Gasteiger partial charge on any atom is 0.314 e. The molecule has 1 heterocycles. The van der Waals surface area contributed by atoms with Gasteiger partial charge in [-0.3, -0.25) is 4.79 Å². The third kappa shape index (κ3) is 2.52. The molecule has 0 bridgehead atoms. The summed E-state index contributed by atoms with van der Waals surface area (Å²) in [7, 11) is 2.13.